The Labute approximate surface area is 144 Å². The van der Waals surface area contributed by atoms with Gasteiger partial charge in [0, 0.05) is 18.5 Å². The third-order valence-corrected chi connectivity index (χ3v) is 4.76. The fourth-order valence-corrected chi connectivity index (χ4v) is 3.42. The Morgan fingerprint density at radius 2 is 2.17 bits per heavy atom. The molecule has 2 heterocycles. The Kier molecular flexibility index (Phi) is 4.53. The summed E-state index contributed by atoms with van der Waals surface area (Å²) in [5, 5.41) is 8.11. The second kappa shape index (κ2) is 6.60. The van der Waals surface area contributed by atoms with Crippen molar-refractivity contribution in [3.05, 3.63) is 40.5 Å². The molecule has 0 saturated heterocycles. The van der Waals surface area contributed by atoms with Crippen molar-refractivity contribution in [2.24, 2.45) is 7.05 Å². The van der Waals surface area contributed by atoms with E-state index in [-0.39, 0.29) is 5.91 Å². The van der Waals surface area contributed by atoms with E-state index in [0.717, 1.165) is 27.2 Å². The van der Waals surface area contributed by atoms with Crippen LogP contribution in [0.1, 0.15) is 40.8 Å². The van der Waals surface area contributed by atoms with E-state index in [2.05, 4.69) is 28.8 Å². The van der Waals surface area contributed by atoms with Gasteiger partial charge in [0.05, 0.1) is 29.7 Å². The van der Waals surface area contributed by atoms with Crippen molar-refractivity contribution in [3.63, 3.8) is 0 Å². The zero-order chi connectivity index (χ0) is 17.3. The molecule has 6 nitrogen and oxygen atoms in total. The second-order valence-electron chi connectivity index (χ2n) is 5.93. The minimum atomic E-state index is -0.115. The molecule has 0 aliphatic rings. The largest absolute Gasteiger partial charge is 0.497 e. The van der Waals surface area contributed by atoms with Gasteiger partial charge < -0.3 is 14.6 Å². The van der Waals surface area contributed by atoms with Gasteiger partial charge in [-0.3, -0.25) is 4.79 Å². The molecule has 0 atom stereocenters. The van der Waals surface area contributed by atoms with Crippen LogP contribution in [0.2, 0.25) is 0 Å². The summed E-state index contributed by atoms with van der Waals surface area (Å²) in [7, 11) is 3.51. The van der Waals surface area contributed by atoms with Crippen LogP contribution < -0.4 is 10.1 Å². The van der Waals surface area contributed by atoms with Crippen LogP contribution in [-0.2, 0) is 13.6 Å². The molecule has 7 heteroatoms. The summed E-state index contributed by atoms with van der Waals surface area (Å²) in [6.45, 7) is 4.58. The molecule has 1 aromatic carbocycles. The monoisotopic (exact) mass is 344 g/mol. The number of aromatic nitrogens is 3. The van der Waals surface area contributed by atoms with E-state index in [0.29, 0.717) is 18.2 Å². The molecule has 1 N–H and O–H groups in total. The van der Waals surface area contributed by atoms with Crippen molar-refractivity contribution in [1.82, 2.24) is 19.5 Å². The fraction of sp³-hybridized carbons (Fsp3) is 0.353. The molecule has 0 aliphatic heterocycles. The lowest BCUT2D eigenvalue weighted by Gasteiger charge is -2.07. The zero-order valence-corrected chi connectivity index (χ0v) is 15.0. The minimum absolute atomic E-state index is 0.115. The first-order chi connectivity index (χ1) is 11.5. The molecule has 0 fully saturated rings. The molecule has 0 spiro atoms. The van der Waals surface area contributed by atoms with E-state index in [9.17, 15) is 4.79 Å². The van der Waals surface area contributed by atoms with E-state index in [4.69, 9.17) is 4.74 Å². The maximum atomic E-state index is 12.6. The molecular weight excluding hydrogens is 324 g/mol. The number of nitrogens with one attached hydrogen (secondary N) is 1. The van der Waals surface area contributed by atoms with Crippen LogP contribution in [0.25, 0.3) is 10.9 Å². The van der Waals surface area contributed by atoms with E-state index < -0.39 is 0 Å². The third-order valence-electron chi connectivity index (χ3n) is 4.03. The van der Waals surface area contributed by atoms with Crippen LogP contribution in [-0.4, -0.2) is 27.2 Å². The minimum Gasteiger partial charge on any atom is -0.497 e. The summed E-state index contributed by atoms with van der Waals surface area (Å²) < 4.78 is 11.1. The lowest BCUT2D eigenvalue weighted by atomic mass is 10.1. The summed E-state index contributed by atoms with van der Waals surface area (Å²) in [6, 6.07) is 7.66. The molecule has 0 saturated carbocycles. The summed E-state index contributed by atoms with van der Waals surface area (Å²) >= 11 is 1.33. The Balaban J connectivity index is 1.81. The number of rotatable bonds is 5. The predicted octanol–water partition coefficient (Wildman–Crippen LogP) is 3.09. The van der Waals surface area contributed by atoms with Crippen molar-refractivity contribution in [3.8, 4) is 5.75 Å². The van der Waals surface area contributed by atoms with Gasteiger partial charge in [-0.05, 0) is 35.6 Å². The number of nitrogens with zero attached hydrogens (tertiary/aromatic N) is 3. The van der Waals surface area contributed by atoms with Gasteiger partial charge in [0.25, 0.3) is 5.91 Å². The molecule has 2 aromatic heterocycles. The van der Waals surface area contributed by atoms with Gasteiger partial charge in [-0.1, -0.05) is 18.3 Å². The lowest BCUT2D eigenvalue weighted by molar-refractivity contribution is 0.0943. The summed E-state index contributed by atoms with van der Waals surface area (Å²) in [5.74, 6) is 0.949. The number of hydrogen-bond acceptors (Lipinski definition) is 5. The number of fused-ring (bicyclic) bond motifs is 1. The molecule has 0 aliphatic carbocycles. The first-order valence-electron chi connectivity index (χ1n) is 7.74. The molecule has 0 unspecified atom stereocenters. The highest BCUT2D eigenvalue weighted by Crippen LogP contribution is 2.24. The smallest absolute Gasteiger partial charge is 0.268 e. The number of hydrogen-bond donors (Lipinski definition) is 1. The molecule has 24 heavy (non-hydrogen) atoms. The second-order valence-corrected chi connectivity index (χ2v) is 6.77. The van der Waals surface area contributed by atoms with Crippen LogP contribution in [0, 0.1) is 0 Å². The molecular formula is C17H20N4O2S. The van der Waals surface area contributed by atoms with Crippen LogP contribution in [0.4, 0.5) is 0 Å². The Morgan fingerprint density at radius 3 is 2.88 bits per heavy atom. The summed E-state index contributed by atoms with van der Waals surface area (Å²) in [5.41, 5.74) is 2.52. The third kappa shape index (κ3) is 2.99. The van der Waals surface area contributed by atoms with Gasteiger partial charge in [0.15, 0.2) is 0 Å². The van der Waals surface area contributed by atoms with Crippen molar-refractivity contribution < 1.29 is 9.53 Å². The summed E-state index contributed by atoms with van der Waals surface area (Å²) in [6.07, 6.45) is 0. The number of methoxy groups -OCH3 is 1. The van der Waals surface area contributed by atoms with Gasteiger partial charge >= 0.3 is 0 Å². The van der Waals surface area contributed by atoms with E-state index in [1.807, 2.05) is 35.9 Å². The molecule has 0 bridgehead atoms. The Hall–Kier alpha value is -2.41. The predicted molar refractivity (Wildman–Crippen MR) is 94.6 cm³/mol. The molecule has 1 amide bonds. The van der Waals surface area contributed by atoms with Crippen molar-refractivity contribution in [2.45, 2.75) is 26.3 Å². The lowest BCUT2D eigenvalue weighted by Crippen LogP contribution is -2.25. The Morgan fingerprint density at radius 1 is 1.38 bits per heavy atom. The van der Waals surface area contributed by atoms with Crippen LogP contribution in [0.5, 0.6) is 5.75 Å². The van der Waals surface area contributed by atoms with E-state index in [1.165, 1.54) is 11.5 Å². The standard InChI is InChI=1S/C17H20N4O2S/c1-10(2)16-15(24-20-19-16)9-18-17(22)14-7-11-5-6-12(23-4)8-13(11)21(14)3/h5-8,10H,9H2,1-4H3,(H,18,22). The fourth-order valence-electron chi connectivity index (χ4n) is 2.68. The highest BCUT2D eigenvalue weighted by molar-refractivity contribution is 7.05. The number of ether oxygens (including phenoxy) is 1. The van der Waals surface area contributed by atoms with Gasteiger partial charge in [0.2, 0.25) is 0 Å². The number of aryl methyl sites for hydroxylation is 1. The first kappa shape index (κ1) is 16.4. The van der Waals surface area contributed by atoms with E-state index in [1.54, 1.807) is 7.11 Å². The van der Waals surface area contributed by atoms with Gasteiger partial charge in [-0.25, -0.2) is 0 Å². The SMILES string of the molecule is COc1ccc2cc(C(=O)NCc3snnc3C(C)C)n(C)c2c1. The van der Waals surface area contributed by atoms with Crippen molar-refractivity contribution >= 4 is 28.3 Å². The highest BCUT2D eigenvalue weighted by atomic mass is 32.1. The number of carbonyl (C=O) groups excluding carboxylic acids is 1. The van der Waals surface area contributed by atoms with Crippen molar-refractivity contribution in [2.75, 3.05) is 7.11 Å². The average molecular weight is 344 g/mol. The number of benzene rings is 1. The van der Waals surface area contributed by atoms with Gasteiger partial charge in [-0.15, -0.1) is 5.10 Å². The van der Waals surface area contributed by atoms with Gasteiger partial charge in [-0.2, -0.15) is 0 Å². The maximum Gasteiger partial charge on any atom is 0.268 e. The quantitative estimate of drug-likeness (QED) is 0.772. The normalized spacial score (nSPS) is 11.2. The molecule has 0 radical (unpaired) electrons. The molecule has 3 aromatic rings. The topological polar surface area (TPSA) is 69.0 Å². The van der Waals surface area contributed by atoms with Crippen LogP contribution in [0.15, 0.2) is 24.3 Å². The molecule has 3 rings (SSSR count). The average Bonchev–Trinajstić information content (AvgIpc) is 3.17. The summed E-state index contributed by atoms with van der Waals surface area (Å²) in [4.78, 5) is 13.6. The number of carbonyl (C=O) groups is 1. The van der Waals surface area contributed by atoms with Crippen LogP contribution >= 0.6 is 11.5 Å². The zero-order valence-electron chi connectivity index (χ0n) is 14.2. The van der Waals surface area contributed by atoms with Gasteiger partial charge in [0.1, 0.15) is 11.4 Å². The number of amides is 1. The maximum absolute atomic E-state index is 12.6. The molecule has 126 valence electrons. The van der Waals surface area contributed by atoms with Crippen molar-refractivity contribution in [1.29, 1.82) is 0 Å². The Bertz CT molecular complexity index is 882. The van der Waals surface area contributed by atoms with Crippen LogP contribution in [0.3, 0.4) is 0 Å². The first-order valence-corrected chi connectivity index (χ1v) is 8.51. The highest BCUT2D eigenvalue weighted by Gasteiger charge is 2.16. The van der Waals surface area contributed by atoms with E-state index >= 15 is 0 Å².